The number of aromatic nitrogens is 1. The molecular weight excluding hydrogens is 338 g/mol. The summed E-state index contributed by atoms with van der Waals surface area (Å²) in [6.07, 6.45) is 6.34. The summed E-state index contributed by atoms with van der Waals surface area (Å²) in [5.41, 5.74) is 1.95. The lowest BCUT2D eigenvalue weighted by Gasteiger charge is -2.49. The predicted molar refractivity (Wildman–Crippen MR) is 104 cm³/mol. The summed E-state index contributed by atoms with van der Waals surface area (Å²) >= 11 is 0. The zero-order valence-corrected chi connectivity index (χ0v) is 15.9. The second-order valence-electron chi connectivity index (χ2n) is 7.91. The number of hydrogen-bond acceptors (Lipinski definition) is 2. The van der Waals surface area contributed by atoms with E-state index in [1.165, 1.54) is 0 Å². The quantitative estimate of drug-likeness (QED) is 0.908. The summed E-state index contributed by atoms with van der Waals surface area (Å²) in [6, 6.07) is 12.0. The number of rotatable bonds is 3. The van der Waals surface area contributed by atoms with Crippen molar-refractivity contribution in [3.05, 3.63) is 59.9 Å². The largest absolute Gasteiger partial charge is 0.367 e. The highest BCUT2D eigenvalue weighted by molar-refractivity contribution is 5.94. The number of nitrogens with zero attached hydrogens (tertiary/aromatic N) is 2. The number of likely N-dealkylation sites (tertiary alicyclic amines) is 2. The molecule has 2 saturated heterocycles. The Kier molecular flexibility index (Phi) is 4.77. The molecule has 2 aliphatic rings. The highest BCUT2D eigenvalue weighted by Crippen LogP contribution is 2.45. The van der Waals surface area contributed by atoms with Gasteiger partial charge >= 0.3 is 0 Å². The minimum Gasteiger partial charge on any atom is -0.367 e. The Morgan fingerprint density at radius 3 is 2.56 bits per heavy atom. The molecule has 1 unspecified atom stereocenters. The fourth-order valence-corrected chi connectivity index (χ4v) is 4.69. The third-order valence-electron chi connectivity index (χ3n) is 6.31. The molecule has 1 aromatic heterocycles. The van der Waals surface area contributed by atoms with Gasteiger partial charge in [0.1, 0.15) is 0 Å². The van der Waals surface area contributed by atoms with Crippen molar-refractivity contribution in [2.75, 3.05) is 26.2 Å². The van der Waals surface area contributed by atoms with E-state index in [0.29, 0.717) is 0 Å². The van der Waals surface area contributed by atoms with Crippen molar-refractivity contribution >= 4 is 11.8 Å². The van der Waals surface area contributed by atoms with Gasteiger partial charge in [-0.2, -0.15) is 0 Å². The Morgan fingerprint density at radius 1 is 1.19 bits per heavy atom. The number of carbonyl (C=O) groups excluding carboxylic acids is 2. The average molecular weight is 365 g/mol. The van der Waals surface area contributed by atoms with Crippen molar-refractivity contribution < 1.29 is 9.59 Å². The van der Waals surface area contributed by atoms with Crippen LogP contribution in [-0.4, -0.2) is 52.8 Å². The van der Waals surface area contributed by atoms with Crippen LogP contribution in [0.15, 0.2) is 48.8 Å². The van der Waals surface area contributed by atoms with Crippen LogP contribution in [0.2, 0.25) is 0 Å². The summed E-state index contributed by atoms with van der Waals surface area (Å²) in [5, 5.41) is 0. The molecule has 1 aromatic carbocycles. The monoisotopic (exact) mass is 365 g/mol. The summed E-state index contributed by atoms with van der Waals surface area (Å²) in [4.78, 5) is 32.5. The van der Waals surface area contributed by atoms with Gasteiger partial charge in [-0.3, -0.25) is 9.59 Å². The number of H-pyrrole nitrogens is 1. The molecule has 1 atom stereocenters. The van der Waals surface area contributed by atoms with Gasteiger partial charge in [0, 0.05) is 38.6 Å². The molecule has 0 saturated carbocycles. The van der Waals surface area contributed by atoms with Crippen LogP contribution in [0.3, 0.4) is 0 Å². The third kappa shape index (κ3) is 3.38. The maximum atomic E-state index is 13.0. The van der Waals surface area contributed by atoms with E-state index >= 15 is 0 Å². The summed E-state index contributed by atoms with van der Waals surface area (Å²) in [5.74, 6) is 0.289. The molecule has 2 aliphatic heterocycles. The van der Waals surface area contributed by atoms with E-state index in [4.69, 9.17) is 0 Å². The van der Waals surface area contributed by atoms with Crippen LogP contribution in [0, 0.1) is 5.41 Å². The number of likely N-dealkylation sites (N-methyl/N-ethyl adjacent to an activating group) is 1. The van der Waals surface area contributed by atoms with Gasteiger partial charge in [0.25, 0.3) is 5.91 Å². The molecule has 27 heavy (non-hydrogen) atoms. The van der Waals surface area contributed by atoms with Gasteiger partial charge in [-0.05, 0) is 43.2 Å². The topological polar surface area (TPSA) is 56.4 Å². The number of carbonyl (C=O) groups is 2. The number of benzene rings is 1. The van der Waals surface area contributed by atoms with Crippen LogP contribution in [0.5, 0.6) is 0 Å². The zero-order valence-electron chi connectivity index (χ0n) is 15.9. The van der Waals surface area contributed by atoms with Gasteiger partial charge in [-0.1, -0.05) is 30.3 Å². The normalized spacial score (nSPS) is 22.3. The van der Waals surface area contributed by atoms with Gasteiger partial charge in [0.15, 0.2) is 0 Å². The Balaban J connectivity index is 1.51. The molecular formula is C22H27N3O2. The highest BCUT2D eigenvalue weighted by Gasteiger charge is 2.46. The number of amides is 2. The molecule has 142 valence electrons. The lowest BCUT2D eigenvalue weighted by Crippen LogP contribution is -2.54. The van der Waals surface area contributed by atoms with E-state index in [-0.39, 0.29) is 23.1 Å². The predicted octanol–water partition coefficient (Wildman–Crippen LogP) is 3.27. The van der Waals surface area contributed by atoms with Gasteiger partial charge in [0.2, 0.25) is 5.91 Å². The Morgan fingerprint density at radius 2 is 1.93 bits per heavy atom. The molecule has 3 heterocycles. The van der Waals surface area contributed by atoms with E-state index < -0.39 is 0 Å². The summed E-state index contributed by atoms with van der Waals surface area (Å²) < 4.78 is 0. The molecule has 4 rings (SSSR count). The fourth-order valence-electron chi connectivity index (χ4n) is 4.69. The summed E-state index contributed by atoms with van der Waals surface area (Å²) in [7, 11) is 0. The Hall–Kier alpha value is -2.56. The van der Waals surface area contributed by atoms with Crippen molar-refractivity contribution in [1.82, 2.24) is 14.8 Å². The van der Waals surface area contributed by atoms with Crippen LogP contribution in [0.4, 0.5) is 0 Å². The Bertz CT molecular complexity index is 792. The summed E-state index contributed by atoms with van der Waals surface area (Å²) in [6.45, 7) is 5.14. The van der Waals surface area contributed by atoms with Gasteiger partial charge < -0.3 is 14.8 Å². The molecule has 5 heteroatoms. The first-order chi connectivity index (χ1) is 13.1. The highest BCUT2D eigenvalue weighted by atomic mass is 16.2. The second kappa shape index (κ2) is 7.22. The number of nitrogens with one attached hydrogen (secondary N) is 1. The first-order valence-corrected chi connectivity index (χ1v) is 9.88. The molecule has 0 radical (unpaired) electrons. The zero-order chi connectivity index (χ0) is 18.9. The maximum absolute atomic E-state index is 13.0. The van der Waals surface area contributed by atoms with E-state index in [9.17, 15) is 9.59 Å². The van der Waals surface area contributed by atoms with Crippen molar-refractivity contribution in [1.29, 1.82) is 0 Å². The molecule has 5 nitrogen and oxygen atoms in total. The van der Waals surface area contributed by atoms with E-state index in [1.807, 2.05) is 34.1 Å². The molecule has 0 bridgehead atoms. The molecule has 1 spiro atoms. The van der Waals surface area contributed by atoms with Crippen LogP contribution in [0.1, 0.15) is 48.0 Å². The van der Waals surface area contributed by atoms with Crippen molar-refractivity contribution in [3.63, 3.8) is 0 Å². The van der Waals surface area contributed by atoms with Crippen LogP contribution >= 0.6 is 0 Å². The SMILES string of the molecule is CCN1CC2(CCN(C(=O)c3cc[nH]c3)CC2)CC(c2ccccc2)C1=O. The Labute approximate surface area is 160 Å². The van der Waals surface area contributed by atoms with Gasteiger partial charge in [-0.15, -0.1) is 0 Å². The van der Waals surface area contributed by atoms with E-state index in [2.05, 4.69) is 24.0 Å². The number of piperidine rings is 2. The molecule has 2 aromatic rings. The standard InChI is InChI=1S/C22H27N3O2/c1-2-24-16-22(14-19(21(24)27)17-6-4-3-5-7-17)9-12-25(13-10-22)20(26)18-8-11-23-15-18/h3-8,11,15,19,23H,2,9-10,12-14,16H2,1H3. The van der Waals surface area contributed by atoms with Crippen molar-refractivity contribution in [3.8, 4) is 0 Å². The lowest BCUT2D eigenvalue weighted by atomic mass is 9.67. The lowest BCUT2D eigenvalue weighted by molar-refractivity contribution is -0.141. The number of hydrogen-bond donors (Lipinski definition) is 1. The van der Waals surface area contributed by atoms with Crippen molar-refractivity contribution in [2.24, 2.45) is 5.41 Å². The van der Waals surface area contributed by atoms with Gasteiger partial charge in [0.05, 0.1) is 11.5 Å². The van der Waals surface area contributed by atoms with E-state index in [0.717, 1.165) is 56.6 Å². The smallest absolute Gasteiger partial charge is 0.255 e. The fraction of sp³-hybridized carbons (Fsp3) is 0.455. The molecule has 0 aliphatic carbocycles. The van der Waals surface area contributed by atoms with Crippen LogP contribution in [-0.2, 0) is 4.79 Å². The second-order valence-corrected chi connectivity index (χ2v) is 7.91. The average Bonchev–Trinajstić information content (AvgIpc) is 3.25. The van der Waals surface area contributed by atoms with Crippen molar-refractivity contribution in [2.45, 2.75) is 32.1 Å². The van der Waals surface area contributed by atoms with Crippen LogP contribution in [0.25, 0.3) is 0 Å². The van der Waals surface area contributed by atoms with Gasteiger partial charge in [-0.25, -0.2) is 0 Å². The van der Waals surface area contributed by atoms with E-state index in [1.54, 1.807) is 12.4 Å². The third-order valence-corrected chi connectivity index (χ3v) is 6.31. The minimum atomic E-state index is -0.0631. The first kappa shape index (κ1) is 17.8. The number of aromatic amines is 1. The first-order valence-electron chi connectivity index (χ1n) is 9.88. The molecule has 2 amide bonds. The van der Waals surface area contributed by atoms with Crippen LogP contribution < -0.4 is 0 Å². The molecule has 2 fully saturated rings. The maximum Gasteiger partial charge on any atom is 0.255 e. The minimum absolute atomic E-state index is 0.0631. The molecule has 1 N–H and O–H groups in total.